The van der Waals surface area contributed by atoms with E-state index in [1.54, 1.807) is 0 Å². The lowest BCUT2D eigenvalue weighted by Crippen LogP contribution is -2.17. The van der Waals surface area contributed by atoms with E-state index in [1.807, 2.05) is 48.5 Å². The Labute approximate surface area is 402 Å². The van der Waals surface area contributed by atoms with E-state index in [0.717, 1.165) is 67.2 Å². The van der Waals surface area contributed by atoms with Gasteiger partial charge in [-0.05, 0) is 174 Å². The van der Waals surface area contributed by atoms with Gasteiger partial charge in [-0.25, -0.2) is 0 Å². The molecule has 324 valence electrons. The Morgan fingerprint density at radius 1 is 0.319 bits per heavy atom. The largest absolute Gasteiger partial charge is 0.309 e. The van der Waals surface area contributed by atoms with Crippen LogP contribution in [0.5, 0.6) is 0 Å². The standard InChI is InChI=1S/C65H44N4/c1-65(2)61-39-54-37-57(68(63-17-9-7-15-52(63)41-66)55-28-23-45(24-29-55)49-21-19-43-11-3-5-13-47(43)35-49)32-27-51(54)38-60(61)59-34-33-58(40-62(59)65)69(64-18-10-8-16-53(64)42-67)56-30-25-46(26-31-56)50-22-20-44-12-4-6-14-48(44)36-50/h3-40H,1-2H3. The van der Waals surface area contributed by atoms with Gasteiger partial charge in [0, 0.05) is 28.2 Å². The molecule has 0 amide bonds. The van der Waals surface area contributed by atoms with Crippen molar-refractivity contribution in [1.29, 1.82) is 10.5 Å². The normalized spacial score (nSPS) is 12.3. The molecule has 0 unspecified atom stereocenters. The molecule has 69 heavy (non-hydrogen) atoms. The van der Waals surface area contributed by atoms with E-state index >= 15 is 0 Å². The van der Waals surface area contributed by atoms with Gasteiger partial charge >= 0.3 is 0 Å². The van der Waals surface area contributed by atoms with E-state index in [4.69, 9.17) is 0 Å². The molecule has 0 aromatic heterocycles. The summed E-state index contributed by atoms with van der Waals surface area (Å²) in [4.78, 5) is 4.41. The quantitative estimate of drug-likeness (QED) is 0.153. The summed E-state index contributed by atoms with van der Waals surface area (Å²) in [6.45, 7) is 4.63. The van der Waals surface area contributed by atoms with Gasteiger partial charge in [-0.3, -0.25) is 0 Å². The summed E-state index contributed by atoms with van der Waals surface area (Å²) in [5, 5.41) is 27.9. The lowest BCUT2D eigenvalue weighted by molar-refractivity contribution is 0.661. The third-order valence-corrected chi connectivity index (χ3v) is 14.1. The average Bonchev–Trinajstić information content (AvgIpc) is 3.62. The number of rotatable bonds is 8. The van der Waals surface area contributed by atoms with Gasteiger partial charge in [0.25, 0.3) is 0 Å². The maximum Gasteiger partial charge on any atom is 0.101 e. The summed E-state index contributed by atoms with van der Waals surface area (Å²) in [5.74, 6) is 0. The Bertz CT molecular complexity index is 3910. The highest BCUT2D eigenvalue weighted by atomic mass is 15.1. The molecule has 4 nitrogen and oxygen atoms in total. The molecule has 1 aliphatic carbocycles. The molecule has 0 radical (unpaired) electrons. The molecule has 11 aromatic rings. The summed E-state index contributed by atoms with van der Waals surface area (Å²) in [5.41, 5.74) is 15.9. The Hall–Kier alpha value is -9.22. The number of nitriles is 2. The summed E-state index contributed by atoms with van der Waals surface area (Å²) < 4.78 is 0. The van der Waals surface area contributed by atoms with Crippen molar-refractivity contribution in [3.8, 4) is 45.5 Å². The number of benzene rings is 11. The van der Waals surface area contributed by atoms with E-state index in [1.165, 1.54) is 43.8 Å². The number of hydrogen-bond acceptors (Lipinski definition) is 4. The molecule has 0 spiro atoms. The van der Waals surface area contributed by atoms with Crippen LogP contribution in [0.4, 0.5) is 34.1 Å². The van der Waals surface area contributed by atoms with Crippen molar-refractivity contribution >= 4 is 66.4 Å². The Balaban J connectivity index is 0.920. The number of nitrogens with zero attached hydrogens (tertiary/aromatic N) is 4. The van der Waals surface area contributed by atoms with Crippen LogP contribution >= 0.6 is 0 Å². The Morgan fingerprint density at radius 3 is 1.26 bits per heavy atom. The summed E-state index contributed by atoms with van der Waals surface area (Å²) in [6, 6.07) is 86.1. The highest BCUT2D eigenvalue weighted by Crippen LogP contribution is 2.52. The van der Waals surface area contributed by atoms with Gasteiger partial charge in [0.15, 0.2) is 0 Å². The summed E-state index contributed by atoms with van der Waals surface area (Å²) >= 11 is 0. The number of fused-ring (bicyclic) bond motifs is 6. The Kier molecular flexibility index (Phi) is 9.91. The summed E-state index contributed by atoms with van der Waals surface area (Å²) in [7, 11) is 0. The Morgan fingerprint density at radius 2 is 0.725 bits per heavy atom. The minimum absolute atomic E-state index is 0.336. The number of para-hydroxylation sites is 2. The first kappa shape index (κ1) is 41.2. The van der Waals surface area contributed by atoms with Gasteiger partial charge in [-0.2, -0.15) is 10.5 Å². The van der Waals surface area contributed by atoms with Crippen LogP contribution in [0.1, 0.15) is 36.1 Å². The van der Waals surface area contributed by atoms with Crippen LogP contribution in [0.2, 0.25) is 0 Å². The van der Waals surface area contributed by atoms with Crippen molar-refractivity contribution in [2.45, 2.75) is 19.3 Å². The van der Waals surface area contributed by atoms with Crippen LogP contribution in [-0.4, -0.2) is 0 Å². The minimum Gasteiger partial charge on any atom is -0.309 e. The third kappa shape index (κ3) is 7.15. The lowest BCUT2D eigenvalue weighted by atomic mass is 9.81. The molecular weight excluding hydrogens is 837 g/mol. The first-order valence-electron chi connectivity index (χ1n) is 23.3. The first-order chi connectivity index (χ1) is 33.8. The fourth-order valence-corrected chi connectivity index (χ4v) is 10.5. The maximum atomic E-state index is 10.4. The van der Waals surface area contributed by atoms with E-state index in [0.29, 0.717) is 11.1 Å². The lowest BCUT2D eigenvalue weighted by Gasteiger charge is -2.29. The monoisotopic (exact) mass is 880 g/mol. The molecule has 0 saturated heterocycles. The zero-order valence-corrected chi connectivity index (χ0v) is 38.2. The maximum absolute atomic E-state index is 10.4. The van der Waals surface area contributed by atoms with Crippen molar-refractivity contribution in [2.75, 3.05) is 9.80 Å². The zero-order valence-electron chi connectivity index (χ0n) is 38.2. The molecule has 0 heterocycles. The van der Waals surface area contributed by atoms with Gasteiger partial charge in [0.05, 0.1) is 22.5 Å². The predicted molar refractivity (Wildman–Crippen MR) is 286 cm³/mol. The molecule has 0 saturated carbocycles. The second kappa shape index (κ2) is 16.6. The minimum atomic E-state index is -0.336. The first-order valence-corrected chi connectivity index (χ1v) is 23.3. The fraction of sp³-hybridized carbons (Fsp3) is 0.0462. The van der Waals surface area contributed by atoms with Crippen LogP contribution < -0.4 is 9.80 Å². The van der Waals surface area contributed by atoms with Crippen molar-refractivity contribution in [3.05, 3.63) is 253 Å². The fourth-order valence-electron chi connectivity index (χ4n) is 10.5. The molecule has 12 rings (SSSR count). The molecule has 0 N–H and O–H groups in total. The second-order valence-electron chi connectivity index (χ2n) is 18.4. The molecule has 0 aliphatic heterocycles. The highest BCUT2D eigenvalue weighted by Gasteiger charge is 2.37. The van der Waals surface area contributed by atoms with Crippen molar-refractivity contribution in [2.24, 2.45) is 0 Å². The van der Waals surface area contributed by atoms with Crippen LogP contribution in [0.15, 0.2) is 231 Å². The van der Waals surface area contributed by atoms with E-state index < -0.39 is 0 Å². The molecule has 1 aliphatic rings. The van der Waals surface area contributed by atoms with Crippen LogP contribution in [0.3, 0.4) is 0 Å². The smallest absolute Gasteiger partial charge is 0.101 e. The molecule has 4 heteroatoms. The van der Waals surface area contributed by atoms with Crippen molar-refractivity contribution < 1.29 is 0 Å². The molecular formula is C65H44N4. The van der Waals surface area contributed by atoms with Crippen LogP contribution in [0.25, 0.3) is 65.7 Å². The van der Waals surface area contributed by atoms with E-state index in [9.17, 15) is 10.5 Å². The van der Waals surface area contributed by atoms with Crippen molar-refractivity contribution in [1.82, 2.24) is 0 Å². The molecule has 11 aromatic carbocycles. The van der Waals surface area contributed by atoms with Gasteiger partial charge in [-0.15, -0.1) is 0 Å². The topological polar surface area (TPSA) is 54.1 Å². The SMILES string of the molecule is CC1(C)c2cc(N(c3ccc(-c4ccc5ccccc5c4)cc3)c3ccccc3C#N)ccc2-c2cc3ccc(N(c4ccc(-c5ccc6ccccc6c5)cc4)c4ccccc4C#N)cc3cc21. The van der Waals surface area contributed by atoms with Gasteiger partial charge in [-0.1, -0.05) is 147 Å². The molecule has 0 atom stereocenters. The van der Waals surface area contributed by atoms with Gasteiger partial charge < -0.3 is 9.80 Å². The zero-order chi connectivity index (χ0) is 46.6. The third-order valence-electron chi connectivity index (χ3n) is 14.1. The van der Waals surface area contributed by atoms with E-state index in [2.05, 4.69) is 218 Å². The summed E-state index contributed by atoms with van der Waals surface area (Å²) in [6.07, 6.45) is 0. The second-order valence-corrected chi connectivity index (χ2v) is 18.4. The number of anilines is 6. The van der Waals surface area contributed by atoms with Crippen LogP contribution in [0, 0.1) is 22.7 Å². The molecule has 0 fully saturated rings. The number of hydrogen-bond donors (Lipinski definition) is 0. The highest BCUT2D eigenvalue weighted by molar-refractivity contribution is 5.98. The van der Waals surface area contributed by atoms with E-state index in [-0.39, 0.29) is 5.41 Å². The van der Waals surface area contributed by atoms with Gasteiger partial charge in [0.1, 0.15) is 12.1 Å². The van der Waals surface area contributed by atoms with Crippen LogP contribution in [-0.2, 0) is 5.41 Å². The van der Waals surface area contributed by atoms with Crippen molar-refractivity contribution in [3.63, 3.8) is 0 Å². The molecule has 0 bridgehead atoms. The predicted octanol–water partition coefficient (Wildman–Crippen LogP) is 17.5. The average molecular weight is 881 g/mol. The van der Waals surface area contributed by atoms with Gasteiger partial charge in [0.2, 0.25) is 0 Å².